The third kappa shape index (κ3) is 5.29. The van der Waals surface area contributed by atoms with Gasteiger partial charge in [0, 0.05) is 63.8 Å². The molecular formula is C51H35N4O+3. The number of benzene rings is 8. The molecular weight excluding hydrogens is 685 g/mol. The molecule has 8 aromatic carbocycles. The Morgan fingerprint density at radius 2 is 0.929 bits per heavy atom. The van der Waals surface area contributed by atoms with Crippen molar-refractivity contribution in [2.45, 2.75) is 0 Å². The SMILES string of the molecule is c1ccc(-c2ccc(-n3c4ccccc4c4cc(-c5cccc(-[n+]6c[n+](-c7ccccc7)c[n+](-c7ccccc7)c6)c5)c5oc6ccccc6c5c43)cc2)cc1. The van der Waals surface area contributed by atoms with Crippen molar-refractivity contribution in [1.29, 1.82) is 0 Å². The van der Waals surface area contributed by atoms with Gasteiger partial charge >= 0.3 is 19.0 Å². The van der Waals surface area contributed by atoms with Crippen LogP contribution in [0.25, 0.3) is 88.7 Å². The zero-order valence-corrected chi connectivity index (χ0v) is 30.4. The first-order valence-electron chi connectivity index (χ1n) is 18.9. The van der Waals surface area contributed by atoms with E-state index in [1.165, 1.54) is 21.9 Å². The Hall–Kier alpha value is -7.63. The minimum atomic E-state index is 0.869. The fraction of sp³-hybridized carbons (Fsp3) is 0. The average molecular weight is 720 g/mol. The molecule has 3 aromatic heterocycles. The number of nitrogens with zero attached hydrogens (tertiary/aromatic N) is 4. The molecule has 0 aliphatic heterocycles. The topological polar surface area (TPSA) is 29.7 Å². The smallest absolute Gasteiger partial charge is 0.428 e. The molecule has 11 aromatic rings. The van der Waals surface area contributed by atoms with Gasteiger partial charge in [-0.15, -0.1) is 0 Å². The molecule has 0 saturated carbocycles. The van der Waals surface area contributed by atoms with Crippen LogP contribution in [0.2, 0.25) is 0 Å². The molecule has 11 rings (SSSR count). The number of aromatic nitrogens is 4. The lowest BCUT2D eigenvalue weighted by atomic mass is 9.98. The molecule has 0 fully saturated rings. The zero-order valence-electron chi connectivity index (χ0n) is 30.4. The van der Waals surface area contributed by atoms with E-state index in [1.54, 1.807) is 0 Å². The summed E-state index contributed by atoms with van der Waals surface area (Å²) >= 11 is 0. The molecule has 0 aliphatic carbocycles. The summed E-state index contributed by atoms with van der Waals surface area (Å²) in [6, 6.07) is 68.6. The second-order valence-electron chi connectivity index (χ2n) is 14.2. The number of rotatable bonds is 6. The van der Waals surface area contributed by atoms with Crippen LogP contribution in [0.3, 0.4) is 0 Å². The lowest BCUT2D eigenvalue weighted by molar-refractivity contribution is -0.858. The summed E-state index contributed by atoms with van der Waals surface area (Å²) in [5.41, 5.74) is 12.8. The second kappa shape index (κ2) is 13.0. The molecule has 5 nitrogen and oxygen atoms in total. The van der Waals surface area contributed by atoms with Crippen LogP contribution < -0.4 is 13.7 Å². The van der Waals surface area contributed by atoms with Gasteiger partial charge in [-0.1, -0.05) is 141 Å². The summed E-state index contributed by atoms with van der Waals surface area (Å²) < 4.78 is 15.8. The lowest BCUT2D eigenvalue weighted by Crippen LogP contribution is -2.55. The number of hydrogen-bond acceptors (Lipinski definition) is 1. The van der Waals surface area contributed by atoms with Gasteiger partial charge in [-0.2, -0.15) is 0 Å². The van der Waals surface area contributed by atoms with E-state index in [0.29, 0.717) is 0 Å². The Kier molecular flexibility index (Phi) is 7.42. The van der Waals surface area contributed by atoms with Gasteiger partial charge in [-0.05, 0) is 47.0 Å². The Morgan fingerprint density at radius 3 is 1.62 bits per heavy atom. The monoisotopic (exact) mass is 719 g/mol. The molecule has 0 saturated heterocycles. The van der Waals surface area contributed by atoms with Gasteiger partial charge < -0.3 is 8.98 Å². The van der Waals surface area contributed by atoms with Gasteiger partial charge in [-0.3, -0.25) is 0 Å². The molecule has 56 heavy (non-hydrogen) atoms. The Bertz CT molecular complexity index is 3160. The van der Waals surface area contributed by atoms with Crippen LogP contribution >= 0.6 is 0 Å². The van der Waals surface area contributed by atoms with Crippen molar-refractivity contribution in [3.05, 3.63) is 213 Å². The van der Waals surface area contributed by atoms with Crippen LogP contribution in [0.15, 0.2) is 218 Å². The van der Waals surface area contributed by atoms with E-state index in [0.717, 1.165) is 66.8 Å². The molecule has 262 valence electrons. The fourth-order valence-electron chi connectivity index (χ4n) is 8.18. The normalized spacial score (nSPS) is 11.6. The van der Waals surface area contributed by atoms with Crippen LogP contribution in [0.1, 0.15) is 0 Å². The fourth-order valence-corrected chi connectivity index (χ4v) is 8.18. The highest BCUT2D eigenvalue weighted by atomic mass is 16.3. The van der Waals surface area contributed by atoms with E-state index in [9.17, 15) is 0 Å². The minimum Gasteiger partial charge on any atom is -0.455 e. The Labute approximate surface area is 323 Å². The number of fused-ring (bicyclic) bond motifs is 7. The molecule has 0 unspecified atom stereocenters. The maximum Gasteiger partial charge on any atom is 0.428 e. The Morgan fingerprint density at radius 1 is 0.393 bits per heavy atom. The molecule has 0 N–H and O–H groups in total. The summed E-state index contributed by atoms with van der Waals surface area (Å²) in [7, 11) is 0. The first-order chi connectivity index (χ1) is 27.8. The quantitative estimate of drug-likeness (QED) is 0.157. The van der Waals surface area contributed by atoms with E-state index in [4.69, 9.17) is 4.42 Å². The zero-order chi connectivity index (χ0) is 37.0. The van der Waals surface area contributed by atoms with Gasteiger partial charge in [0.2, 0.25) is 17.1 Å². The molecule has 0 radical (unpaired) electrons. The molecule has 0 spiro atoms. The predicted molar refractivity (Wildman–Crippen MR) is 224 cm³/mol. The molecule has 0 aliphatic rings. The third-order valence-electron chi connectivity index (χ3n) is 10.8. The van der Waals surface area contributed by atoms with Crippen LogP contribution in [0, 0.1) is 0 Å². The summed E-state index contributed by atoms with van der Waals surface area (Å²) in [6.07, 6.45) is 6.37. The molecule has 0 atom stereocenters. The first kappa shape index (κ1) is 31.9. The predicted octanol–water partition coefficient (Wildman–Crippen LogP) is 10.8. The van der Waals surface area contributed by atoms with Crippen molar-refractivity contribution in [3.63, 3.8) is 0 Å². The van der Waals surface area contributed by atoms with Crippen LogP contribution in [0.5, 0.6) is 0 Å². The standard InChI is InChI=1S/C51H35N4O/c1-4-15-36(16-5-1)37-27-29-41(30-28-37)55-47-25-12-10-23-43(47)46-32-45(51-49(50(46)55)44-24-11-13-26-48(44)56-51)38-17-14-22-42(31-38)54-34-52(39-18-6-2-7-19-39)33-53(35-54)40-20-8-3-9-21-40/h1-35H/q+3. The number of hydrogen-bond donors (Lipinski definition) is 0. The van der Waals surface area contributed by atoms with Gasteiger partial charge in [-0.25, -0.2) is 0 Å². The third-order valence-corrected chi connectivity index (χ3v) is 10.8. The summed E-state index contributed by atoms with van der Waals surface area (Å²) in [5.74, 6) is 0. The van der Waals surface area contributed by atoms with Gasteiger partial charge in [0.25, 0.3) is 0 Å². The Balaban J connectivity index is 1.14. The van der Waals surface area contributed by atoms with Crippen molar-refractivity contribution in [2.24, 2.45) is 0 Å². The van der Waals surface area contributed by atoms with E-state index in [2.05, 4.69) is 219 Å². The van der Waals surface area contributed by atoms with Crippen molar-refractivity contribution in [1.82, 2.24) is 4.57 Å². The summed E-state index contributed by atoms with van der Waals surface area (Å²) in [4.78, 5) is 0. The van der Waals surface area contributed by atoms with E-state index < -0.39 is 0 Å². The van der Waals surface area contributed by atoms with Crippen molar-refractivity contribution in [3.8, 4) is 45.0 Å². The molecule has 3 heterocycles. The highest BCUT2D eigenvalue weighted by Crippen LogP contribution is 2.45. The first-order valence-corrected chi connectivity index (χ1v) is 18.9. The number of para-hydroxylation sites is 4. The van der Waals surface area contributed by atoms with Gasteiger partial charge in [0.05, 0.1) is 16.4 Å². The molecule has 0 bridgehead atoms. The van der Waals surface area contributed by atoms with Gasteiger partial charge in [0.1, 0.15) is 11.2 Å². The largest absolute Gasteiger partial charge is 0.455 e. The van der Waals surface area contributed by atoms with Crippen molar-refractivity contribution < 1.29 is 18.1 Å². The maximum absolute atomic E-state index is 6.88. The maximum atomic E-state index is 6.88. The summed E-state index contributed by atoms with van der Waals surface area (Å²) in [6.45, 7) is 0. The van der Waals surface area contributed by atoms with E-state index >= 15 is 0 Å². The molecule has 5 heteroatoms. The minimum absolute atomic E-state index is 0.869. The van der Waals surface area contributed by atoms with Crippen molar-refractivity contribution in [2.75, 3.05) is 0 Å². The average Bonchev–Trinajstić information content (AvgIpc) is 3.83. The van der Waals surface area contributed by atoms with E-state index in [-0.39, 0.29) is 0 Å². The summed E-state index contributed by atoms with van der Waals surface area (Å²) in [5, 5.41) is 4.59. The number of furan rings is 1. The van der Waals surface area contributed by atoms with Crippen LogP contribution in [-0.4, -0.2) is 4.57 Å². The van der Waals surface area contributed by atoms with Crippen molar-refractivity contribution >= 4 is 43.7 Å². The van der Waals surface area contributed by atoms with Crippen LogP contribution in [-0.2, 0) is 0 Å². The second-order valence-corrected chi connectivity index (χ2v) is 14.2. The highest BCUT2D eigenvalue weighted by molar-refractivity contribution is 6.27. The van der Waals surface area contributed by atoms with E-state index in [1.807, 2.05) is 12.1 Å². The lowest BCUT2D eigenvalue weighted by Gasteiger charge is -2.11. The molecule has 0 amide bonds. The van der Waals surface area contributed by atoms with Gasteiger partial charge in [0.15, 0.2) is 0 Å². The highest BCUT2D eigenvalue weighted by Gasteiger charge is 2.27. The van der Waals surface area contributed by atoms with Crippen LogP contribution in [0.4, 0.5) is 0 Å².